The molecule has 0 aliphatic heterocycles. The number of nitriles is 1. The average molecular weight is 384 g/mol. The molecule has 0 radical (unpaired) electrons. The highest BCUT2D eigenvalue weighted by molar-refractivity contribution is 6.33. The summed E-state index contributed by atoms with van der Waals surface area (Å²) in [6, 6.07) is 8.75. The molecule has 1 heterocycles. The predicted octanol–water partition coefficient (Wildman–Crippen LogP) is 3.63. The molecule has 1 aromatic carbocycles. The van der Waals surface area contributed by atoms with E-state index in [0.29, 0.717) is 5.69 Å². The van der Waals surface area contributed by atoms with Crippen LogP contribution in [0.4, 0.5) is 0 Å². The van der Waals surface area contributed by atoms with E-state index in [1.807, 2.05) is 30.6 Å². The van der Waals surface area contributed by atoms with Gasteiger partial charge in [-0.05, 0) is 62.6 Å². The third-order valence-corrected chi connectivity index (χ3v) is 4.82. The highest BCUT2D eigenvalue weighted by Crippen LogP contribution is 2.26. The molecule has 1 aliphatic carbocycles. The average Bonchev–Trinajstić information content (AvgIpc) is 3.38. The summed E-state index contributed by atoms with van der Waals surface area (Å²) in [5.74, 6) is -1.47. The molecule has 1 aromatic heterocycles. The molecule has 0 saturated heterocycles. The van der Waals surface area contributed by atoms with Crippen LogP contribution in [-0.2, 0) is 4.79 Å². The predicted molar refractivity (Wildman–Crippen MR) is 102 cm³/mol. The number of nitrogens with zero attached hydrogens (tertiary/aromatic N) is 2. The number of carboxylic acid groups (broad SMARTS) is 1. The van der Waals surface area contributed by atoms with Crippen molar-refractivity contribution < 1.29 is 14.7 Å². The Balaban J connectivity index is 2.01. The minimum absolute atomic E-state index is 0.0142. The van der Waals surface area contributed by atoms with E-state index in [9.17, 15) is 20.0 Å². The normalized spacial score (nSPS) is 13.9. The number of halogens is 1. The van der Waals surface area contributed by atoms with E-state index >= 15 is 0 Å². The summed E-state index contributed by atoms with van der Waals surface area (Å²) in [6.45, 7) is 3.72. The van der Waals surface area contributed by atoms with Crippen LogP contribution in [0.2, 0.25) is 5.02 Å². The molecule has 1 aliphatic rings. The molecule has 0 atom stereocenters. The van der Waals surface area contributed by atoms with Gasteiger partial charge in [0.05, 0.1) is 10.6 Å². The van der Waals surface area contributed by atoms with Crippen molar-refractivity contribution in [1.29, 1.82) is 5.26 Å². The van der Waals surface area contributed by atoms with Crippen molar-refractivity contribution in [2.45, 2.75) is 32.7 Å². The molecule has 2 N–H and O–H groups in total. The van der Waals surface area contributed by atoms with Gasteiger partial charge >= 0.3 is 5.97 Å². The standard InChI is InChI=1S/C20H18ClN3O3/c1-11-7-13(8-14(10-22)19(25)23-15-3-4-15)12(2)24(11)16-5-6-18(21)17(9-16)20(26)27/h5-9,15H,3-4H2,1-2H3,(H,23,25)(H,26,27)/b14-8+. The number of carbonyl (C=O) groups excluding carboxylic acids is 1. The van der Waals surface area contributed by atoms with Crippen LogP contribution in [0.5, 0.6) is 0 Å². The van der Waals surface area contributed by atoms with E-state index in [0.717, 1.165) is 29.8 Å². The summed E-state index contributed by atoms with van der Waals surface area (Å²) in [4.78, 5) is 23.5. The molecule has 27 heavy (non-hydrogen) atoms. The highest BCUT2D eigenvalue weighted by atomic mass is 35.5. The van der Waals surface area contributed by atoms with Gasteiger partial charge in [-0.3, -0.25) is 4.79 Å². The van der Waals surface area contributed by atoms with Gasteiger partial charge in [-0.25, -0.2) is 4.79 Å². The van der Waals surface area contributed by atoms with Crippen LogP contribution in [0, 0.1) is 25.2 Å². The van der Waals surface area contributed by atoms with Crippen LogP contribution in [0.1, 0.15) is 40.2 Å². The fourth-order valence-corrected chi connectivity index (χ4v) is 3.14. The first-order chi connectivity index (χ1) is 12.8. The Morgan fingerprint density at radius 2 is 2.04 bits per heavy atom. The van der Waals surface area contributed by atoms with Crippen molar-refractivity contribution in [1.82, 2.24) is 9.88 Å². The van der Waals surface area contributed by atoms with E-state index in [-0.39, 0.29) is 28.1 Å². The Hall–Kier alpha value is -3.04. The fraction of sp³-hybridized carbons (Fsp3) is 0.250. The molecule has 0 spiro atoms. The van der Waals surface area contributed by atoms with Gasteiger partial charge in [0.2, 0.25) is 0 Å². The van der Waals surface area contributed by atoms with Crippen LogP contribution in [0.15, 0.2) is 29.8 Å². The van der Waals surface area contributed by atoms with Crippen molar-refractivity contribution in [2.24, 2.45) is 0 Å². The first-order valence-electron chi connectivity index (χ1n) is 8.46. The quantitative estimate of drug-likeness (QED) is 0.608. The van der Waals surface area contributed by atoms with Gasteiger partial charge in [0.25, 0.3) is 5.91 Å². The zero-order valence-electron chi connectivity index (χ0n) is 14.9. The lowest BCUT2D eigenvalue weighted by Gasteiger charge is -2.11. The maximum absolute atomic E-state index is 12.2. The third-order valence-electron chi connectivity index (χ3n) is 4.49. The number of rotatable bonds is 5. The summed E-state index contributed by atoms with van der Waals surface area (Å²) in [6.07, 6.45) is 3.45. The number of amides is 1. The zero-order valence-corrected chi connectivity index (χ0v) is 15.7. The number of carboxylic acids is 1. The number of carbonyl (C=O) groups is 2. The fourth-order valence-electron chi connectivity index (χ4n) is 2.94. The number of benzene rings is 1. The number of aryl methyl sites for hydroxylation is 1. The smallest absolute Gasteiger partial charge is 0.337 e. The SMILES string of the molecule is Cc1cc(/C=C(\C#N)C(=O)NC2CC2)c(C)n1-c1ccc(Cl)c(C(=O)O)c1. The second kappa shape index (κ2) is 7.29. The van der Waals surface area contributed by atoms with Gasteiger partial charge < -0.3 is 15.0 Å². The lowest BCUT2D eigenvalue weighted by molar-refractivity contribution is -0.117. The first-order valence-corrected chi connectivity index (χ1v) is 8.84. The Morgan fingerprint density at radius 1 is 1.33 bits per heavy atom. The Labute approximate surface area is 161 Å². The molecule has 138 valence electrons. The number of hydrogen-bond donors (Lipinski definition) is 2. The van der Waals surface area contributed by atoms with Crippen LogP contribution < -0.4 is 5.32 Å². The van der Waals surface area contributed by atoms with Gasteiger partial charge in [0.1, 0.15) is 11.6 Å². The molecule has 2 aromatic rings. The summed E-state index contributed by atoms with van der Waals surface area (Å²) >= 11 is 5.95. The molecule has 6 nitrogen and oxygen atoms in total. The molecule has 0 bridgehead atoms. The lowest BCUT2D eigenvalue weighted by atomic mass is 10.1. The summed E-state index contributed by atoms with van der Waals surface area (Å²) in [5, 5.41) is 21.6. The largest absolute Gasteiger partial charge is 0.478 e. The van der Waals surface area contributed by atoms with E-state index in [1.54, 1.807) is 18.2 Å². The van der Waals surface area contributed by atoms with Gasteiger partial charge in [-0.15, -0.1) is 0 Å². The molecule has 7 heteroatoms. The molecule has 1 amide bonds. The molecule has 3 rings (SSSR count). The van der Waals surface area contributed by atoms with Crippen molar-refractivity contribution in [2.75, 3.05) is 0 Å². The summed E-state index contributed by atoms with van der Waals surface area (Å²) < 4.78 is 1.86. The number of nitrogens with one attached hydrogen (secondary N) is 1. The van der Waals surface area contributed by atoms with Gasteiger partial charge in [-0.1, -0.05) is 11.6 Å². The van der Waals surface area contributed by atoms with Crippen LogP contribution in [0.25, 0.3) is 11.8 Å². The summed E-state index contributed by atoms with van der Waals surface area (Å²) in [5.41, 5.74) is 3.06. The van der Waals surface area contributed by atoms with Gasteiger partial charge in [0, 0.05) is 23.1 Å². The van der Waals surface area contributed by atoms with Crippen LogP contribution in [-0.4, -0.2) is 27.6 Å². The van der Waals surface area contributed by atoms with Crippen molar-refractivity contribution in [3.8, 4) is 11.8 Å². The monoisotopic (exact) mass is 383 g/mol. The van der Waals surface area contributed by atoms with Crippen LogP contribution in [0.3, 0.4) is 0 Å². The topological polar surface area (TPSA) is 95.1 Å². The van der Waals surface area contributed by atoms with Crippen molar-refractivity contribution in [3.63, 3.8) is 0 Å². The molecule has 0 unspecified atom stereocenters. The molecule has 1 fully saturated rings. The molecule has 1 saturated carbocycles. The summed E-state index contributed by atoms with van der Waals surface area (Å²) in [7, 11) is 0. The van der Waals surface area contributed by atoms with Crippen molar-refractivity contribution in [3.05, 3.63) is 57.4 Å². The maximum Gasteiger partial charge on any atom is 0.337 e. The number of aromatic carboxylic acids is 1. The van der Waals surface area contributed by atoms with Crippen molar-refractivity contribution >= 4 is 29.6 Å². The van der Waals surface area contributed by atoms with E-state index < -0.39 is 5.97 Å². The van der Waals surface area contributed by atoms with Gasteiger partial charge in [-0.2, -0.15) is 5.26 Å². The Kier molecular flexibility index (Phi) is 5.06. The minimum Gasteiger partial charge on any atom is -0.478 e. The Bertz CT molecular complexity index is 1010. The second-order valence-corrected chi connectivity index (χ2v) is 6.96. The lowest BCUT2D eigenvalue weighted by Crippen LogP contribution is -2.26. The van der Waals surface area contributed by atoms with Crippen LogP contribution >= 0.6 is 11.6 Å². The Morgan fingerprint density at radius 3 is 2.63 bits per heavy atom. The van der Waals surface area contributed by atoms with E-state index in [1.165, 1.54) is 6.07 Å². The minimum atomic E-state index is -1.10. The molecular weight excluding hydrogens is 366 g/mol. The second-order valence-electron chi connectivity index (χ2n) is 6.55. The van der Waals surface area contributed by atoms with Gasteiger partial charge in [0.15, 0.2) is 0 Å². The number of aromatic nitrogens is 1. The maximum atomic E-state index is 12.2. The van der Waals surface area contributed by atoms with E-state index in [2.05, 4.69) is 5.32 Å². The molecular formula is C20H18ClN3O3. The van der Waals surface area contributed by atoms with E-state index in [4.69, 9.17) is 11.6 Å². The first kappa shape index (κ1) is 18.7. The zero-order chi connectivity index (χ0) is 19.7. The highest BCUT2D eigenvalue weighted by Gasteiger charge is 2.25. The third kappa shape index (κ3) is 3.88. The number of hydrogen-bond acceptors (Lipinski definition) is 3.